The molecule has 5 aromatic carbocycles. The topological polar surface area (TPSA) is 52.6 Å². The first kappa shape index (κ1) is 47.0. The number of benzene rings is 5. The van der Waals surface area contributed by atoms with Crippen LogP contribution in [0.1, 0.15) is 198 Å². The molecule has 2 aliphatic rings. The van der Waals surface area contributed by atoms with Crippen LogP contribution in [0.2, 0.25) is 0 Å². The second-order valence-corrected chi connectivity index (χ2v) is 19.1. The van der Waals surface area contributed by atoms with Gasteiger partial charge in [-0.3, -0.25) is 0 Å². The lowest BCUT2D eigenvalue weighted by Crippen LogP contribution is -2.19. The Morgan fingerprint density at radius 1 is 0.453 bits per heavy atom. The summed E-state index contributed by atoms with van der Waals surface area (Å²) in [6.07, 6.45) is 26.4. The van der Waals surface area contributed by atoms with E-state index in [1.165, 1.54) is 140 Å². The number of carbonyl (C=O) groups is 2. The molecule has 2 fully saturated rings. The summed E-state index contributed by atoms with van der Waals surface area (Å²) in [5.41, 5.74) is 8.96. The van der Waals surface area contributed by atoms with Crippen LogP contribution in [0.3, 0.4) is 0 Å². The van der Waals surface area contributed by atoms with E-state index in [9.17, 15) is 9.59 Å². The predicted octanol–water partition coefficient (Wildman–Crippen LogP) is 17.0. The fourth-order valence-corrected chi connectivity index (χ4v) is 10.4. The molecule has 0 saturated heterocycles. The second-order valence-electron chi connectivity index (χ2n) is 19.1. The monoisotopic (exact) mass is 859 g/mol. The quantitative estimate of drug-likeness (QED) is 0.0514. The lowest BCUT2D eigenvalue weighted by molar-refractivity contribution is -0.00133. The van der Waals surface area contributed by atoms with Gasteiger partial charge in [-0.15, -0.1) is 0 Å². The van der Waals surface area contributed by atoms with E-state index in [2.05, 4.69) is 62.4 Å². The maximum absolute atomic E-state index is 13.5. The van der Waals surface area contributed by atoms with Gasteiger partial charge in [0.05, 0.1) is 11.1 Å². The first-order valence-corrected chi connectivity index (χ1v) is 25.3. The van der Waals surface area contributed by atoms with Crippen molar-refractivity contribution in [3.05, 3.63) is 155 Å². The standard InChI is InChI=1S/C60H74O4/c1-3-5-7-9-12-16-45-20-24-47(25-21-45)49-28-32-51(33-29-49)53-36-40-56(41-37-53)59(61)63-44-58(55-18-14-11-15-19-55)64-60(62)57-42-38-54(39-43-57)52-34-30-50(31-35-52)48-26-22-46(23-27-48)17-13-10-8-6-4-2/h11,14-15,18-19,28-43,45-48,58H,3-10,12-13,16-17,20-27,44H2,1-2H3. The number of unbranched alkanes of at least 4 members (excludes halogenated alkanes) is 8. The number of hydrogen-bond donors (Lipinski definition) is 0. The van der Waals surface area contributed by atoms with Crippen molar-refractivity contribution >= 4 is 11.9 Å². The molecule has 2 saturated carbocycles. The van der Waals surface area contributed by atoms with Gasteiger partial charge in [0, 0.05) is 0 Å². The minimum Gasteiger partial charge on any atom is -0.458 e. The van der Waals surface area contributed by atoms with Gasteiger partial charge in [0.2, 0.25) is 0 Å². The van der Waals surface area contributed by atoms with Gasteiger partial charge < -0.3 is 9.47 Å². The minimum atomic E-state index is -0.755. The van der Waals surface area contributed by atoms with Crippen molar-refractivity contribution in [3.63, 3.8) is 0 Å². The summed E-state index contributed by atoms with van der Waals surface area (Å²) in [6.45, 7) is 4.48. The van der Waals surface area contributed by atoms with Gasteiger partial charge in [0.1, 0.15) is 6.61 Å². The molecule has 2 aliphatic carbocycles. The number of esters is 2. The van der Waals surface area contributed by atoms with Crippen molar-refractivity contribution < 1.29 is 19.1 Å². The second kappa shape index (κ2) is 24.9. The zero-order valence-corrected chi connectivity index (χ0v) is 39.0. The molecule has 4 nitrogen and oxygen atoms in total. The molecule has 0 aromatic heterocycles. The van der Waals surface area contributed by atoms with E-state index in [1.807, 2.05) is 78.9 Å². The van der Waals surface area contributed by atoms with Gasteiger partial charge >= 0.3 is 11.9 Å². The molecule has 0 spiro atoms. The van der Waals surface area contributed by atoms with Gasteiger partial charge in [0.15, 0.2) is 6.10 Å². The van der Waals surface area contributed by atoms with Crippen molar-refractivity contribution in [2.75, 3.05) is 6.61 Å². The van der Waals surface area contributed by atoms with Crippen LogP contribution in [-0.2, 0) is 9.47 Å². The third-order valence-electron chi connectivity index (χ3n) is 14.6. The molecule has 338 valence electrons. The van der Waals surface area contributed by atoms with Crippen LogP contribution in [0.25, 0.3) is 22.3 Å². The van der Waals surface area contributed by atoms with Gasteiger partial charge in [-0.25, -0.2) is 9.59 Å². The number of carbonyl (C=O) groups excluding carboxylic acids is 2. The highest BCUT2D eigenvalue weighted by molar-refractivity contribution is 5.91. The summed E-state index contributed by atoms with van der Waals surface area (Å²) < 4.78 is 11.8. The molecule has 0 heterocycles. The van der Waals surface area contributed by atoms with Crippen molar-refractivity contribution in [2.45, 2.75) is 160 Å². The fourth-order valence-electron chi connectivity index (χ4n) is 10.4. The number of rotatable bonds is 22. The van der Waals surface area contributed by atoms with E-state index in [4.69, 9.17) is 9.47 Å². The highest BCUT2D eigenvalue weighted by atomic mass is 16.6. The predicted molar refractivity (Wildman–Crippen MR) is 265 cm³/mol. The van der Waals surface area contributed by atoms with E-state index >= 15 is 0 Å². The Labute approximate surface area is 385 Å². The Morgan fingerprint density at radius 2 is 0.844 bits per heavy atom. The Morgan fingerprint density at radius 3 is 1.27 bits per heavy atom. The van der Waals surface area contributed by atoms with E-state index in [-0.39, 0.29) is 6.61 Å². The van der Waals surface area contributed by atoms with Gasteiger partial charge in [-0.05, 0) is 138 Å². The van der Waals surface area contributed by atoms with Gasteiger partial charge in [-0.1, -0.05) is 194 Å². The van der Waals surface area contributed by atoms with Crippen LogP contribution < -0.4 is 0 Å². The average Bonchev–Trinajstić information content (AvgIpc) is 3.36. The summed E-state index contributed by atoms with van der Waals surface area (Å²) >= 11 is 0. The molecule has 1 unspecified atom stereocenters. The van der Waals surface area contributed by atoms with Gasteiger partial charge in [-0.2, -0.15) is 0 Å². The Balaban J connectivity index is 0.876. The molecule has 0 bridgehead atoms. The molecule has 7 rings (SSSR count). The largest absolute Gasteiger partial charge is 0.458 e. The first-order valence-electron chi connectivity index (χ1n) is 25.3. The molecule has 1 atom stereocenters. The maximum atomic E-state index is 13.5. The molecule has 0 amide bonds. The minimum absolute atomic E-state index is 0.0935. The smallest absolute Gasteiger partial charge is 0.338 e. The summed E-state index contributed by atoms with van der Waals surface area (Å²) in [6, 6.07) is 42.7. The van der Waals surface area contributed by atoms with Crippen LogP contribution in [0.4, 0.5) is 0 Å². The first-order chi connectivity index (χ1) is 31.5. The summed E-state index contributed by atoms with van der Waals surface area (Å²) in [5.74, 6) is 2.22. The SMILES string of the molecule is CCCCCCCC1CCC(c2ccc(-c3ccc(C(=O)OCC(OC(=O)c4ccc(-c5ccc(C6CCC(CCCCCCC)CC6)cc5)cc4)c4ccccc4)cc3)cc2)CC1. The van der Waals surface area contributed by atoms with Crippen molar-refractivity contribution in [1.29, 1.82) is 0 Å². The molecular weight excluding hydrogens is 785 g/mol. The Kier molecular flexibility index (Phi) is 18.3. The van der Waals surface area contributed by atoms with Crippen LogP contribution in [0, 0.1) is 11.8 Å². The molecule has 4 heteroatoms. The van der Waals surface area contributed by atoms with Crippen LogP contribution in [0.15, 0.2) is 127 Å². The zero-order chi connectivity index (χ0) is 44.4. The van der Waals surface area contributed by atoms with E-state index in [0.717, 1.165) is 39.7 Å². The summed E-state index contributed by atoms with van der Waals surface area (Å²) in [5, 5.41) is 0. The number of ether oxygens (including phenoxy) is 2. The molecule has 0 aliphatic heterocycles. The maximum Gasteiger partial charge on any atom is 0.338 e. The normalized spacial score (nSPS) is 19.2. The lowest BCUT2D eigenvalue weighted by Gasteiger charge is -2.29. The van der Waals surface area contributed by atoms with Crippen molar-refractivity contribution in [3.8, 4) is 22.3 Å². The highest BCUT2D eigenvalue weighted by Gasteiger charge is 2.25. The van der Waals surface area contributed by atoms with Crippen LogP contribution in [-0.4, -0.2) is 18.5 Å². The molecule has 64 heavy (non-hydrogen) atoms. The Hall–Kier alpha value is -4.96. The van der Waals surface area contributed by atoms with Crippen molar-refractivity contribution in [2.24, 2.45) is 11.8 Å². The molecular formula is C60H74O4. The highest BCUT2D eigenvalue weighted by Crippen LogP contribution is 2.40. The summed E-state index contributed by atoms with van der Waals surface area (Å²) in [7, 11) is 0. The van der Waals surface area contributed by atoms with E-state index < -0.39 is 18.0 Å². The zero-order valence-electron chi connectivity index (χ0n) is 39.0. The average molecular weight is 859 g/mol. The van der Waals surface area contributed by atoms with E-state index in [0.29, 0.717) is 23.0 Å². The third kappa shape index (κ3) is 13.8. The van der Waals surface area contributed by atoms with Crippen LogP contribution in [0.5, 0.6) is 0 Å². The van der Waals surface area contributed by atoms with Crippen LogP contribution >= 0.6 is 0 Å². The Bertz CT molecular complexity index is 2100. The molecule has 0 radical (unpaired) electrons. The number of hydrogen-bond acceptors (Lipinski definition) is 4. The fraction of sp³-hybridized carbons (Fsp3) is 0.467. The summed E-state index contributed by atoms with van der Waals surface area (Å²) in [4.78, 5) is 26.8. The molecule has 5 aromatic rings. The third-order valence-corrected chi connectivity index (χ3v) is 14.6. The van der Waals surface area contributed by atoms with Crippen molar-refractivity contribution in [1.82, 2.24) is 0 Å². The van der Waals surface area contributed by atoms with Gasteiger partial charge in [0.25, 0.3) is 0 Å². The van der Waals surface area contributed by atoms with E-state index in [1.54, 1.807) is 0 Å². The molecule has 0 N–H and O–H groups in total. The lowest BCUT2D eigenvalue weighted by atomic mass is 9.77.